The molecule has 0 aromatic rings. The van der Waals surface area contributed by atoms with Crippen molar-refractivity contribution in [2.45, 2.75) is 110 Å². The Hall–Kier alpha value is -0.360. The van der Waals surface area contributed by atoms with E-state index in [1.165, 1.54) is 0 Å². The predicted octanol–water partition coefficient (Wildman–Crippen LogP) is 2.26. The van der Waals surface area contributed by atoms with Crippen LogP contribution in [0.4, 0.5) is 0 Å². The second kappa shape index (κ2) is 16.7. The first-order valence-electron chi connectivity index (χ1n) is 14.5. The Bertz CT molecular complexity index is 592. The molecule has 1 aliphatic heterocycles. The van der Waals surface area contributed by atoms with Crippen molar-refractivity contribution in [1.29, 1.82) is 0 Å². The lowest BCUT2D eigenvalue weighted by Crippen LogP contribution is -2.64. The van der Waals surface area contributed by atoms with Crippen LogP contribution in [-0.4, -0.2) is 134 Å². The Labute approximate surface area is 226 Å². The van der Waals surface area contributed by atoms with E-state index in [-0.39, 0.29) is 19.3 Å². The number of rotatable bonds is 19. The molecule has 37 heavy (non-hydrogen) atoms. The van der Waals surface area contributed by atoms with Gasteiger partial charge in [0.25, 0.3) is 0 Å². The van der Waals surface area contributed by atoms with Crippen molar-refractivity contribution in [3.63, 3.8) is 0 Å². The van der Waals surface area contributed by atoms with Crippen LogP contribution < -0.4 is 0 Å². The average molecular weight is 536 g/mol. The number of quaternary nitrogens is 1. The third-order valence-electron chi connectivity index (χ3n) is 7.72. The van der Waals surface area contributed by atoms with Crippen LogP contribution in [0.25, 0.3) is 0 Å². The smallest absolute Gasteiger partial charge is 0.186 e. The molecule has 0 spiro atoms. The summed E-state index contributed by atoms with van der Waals surface area (Å²) >= 11 is 0. The summed E-state index contributed by atoms with van der Waals surface area (Å²) in [4.78, 5) is 2.26. The first kappa shape index (κ1) is 34.7. The van der Waals surface area contributed by atoms with Crippen LogP contribution in [0.1, 0.15) is 67.2 Å². The molecule has 9 nitrogen and oxygen atoms in total. The largest absolute Gasteiger partial charge is 0.389 e. The van der Waals surface area contributed by atoms with E-state index in [1.54, 1.807) is 0 Å². The molecule has 6 atom stereocenters. The SMILES string of the molecule is CCC(CC)OC1OC(COCC(O)C[N+](C)(C)C)C(C(O)(CC)CC)C(OCCN(CC)CC)C1O. The van der Waals surface area contributed by atoms with Crippen molar-refractivity contribution in [3.05, 3.63) is 0 Å². The van der Waals surface area contributed by atoms with E-state index in [2.05, 4.69) is 18.7 Å². The molecule has 0 aromatic heterocycles. The van der Waals surface area contributed by atoms with Crippen LogP contribution >= 0.6 is 0 Å². The Balaban J connectivity index is 3.20. The number of aliphatic hydroxyl groups excluding tert-OH is 2. The Morgan fingerprint density at radius 2 is 1.59 bits per heavy atom. The zero-order valence-corrected chi connectivity index (χ0v) is 25.2. The van der Waals surface area contributed by atoms with Crippen molar-refractivity contribution in [2.24, 2.45) is 5.92 Å². The first-order chi connectivity index (χ1) is 17.4. The maximum atomic E-state index is 11.7. The highest BCUT2D eigenvalue weighted by molar-refractivity contribution is 5.00. The van der Waals surface area contributed by atoms with E-state index in [9.17, 15) is 15.3 Å². The number of hydrogen-bond acceptors (Lipinski definition) is 8. The fourth-order valence-corrected chi connectivity index (χ4v) is 5.28. The molecule has 1 heterocycles. The molecule has 1 rings (SSSR count). The van der Waals surface area contributed by atoms with Crippen LogP contribution in [0.2, 0.25) is 0 Å². The minimum atomic E-state index is -1.12. The van der Waals surface area contributed by atoms with E-state index in [0.717, 1.165) is 32.5 Å². The molecule has 0 radical (unpaired) electrons. The highest BCUT2D eigenvalue weighted by Crippen LogP contribution is 2.40. The normalized spacial score (nSPS) is 26.3. The maximum absolute atomic E-state index is 11.7. The van der Waals surface area contributed by atoms with Gasteiger partial charge in [0, 0.05) is 12.5 Å². The van der Waals surface area contributed by atoms with Gasteiger partial charge in [0.2, 0.25) is 0 Å². The molecule has 3 N–H and O–H groups in total. The summed E-state index contributed by atoms with van der Waals surface area (Å²) in [5.41, 5.74) is -1.12. The molecular weight excluding hydrogens is 476 g/mol. The van der Waals surface area contributed by atoms with Crippen LogP contribution in [-0.2, 0) is 18.9 Å². The van der Waals surface area contributed by atoms with Gasteiger partial charge in [0.1, 0.15) is 18.8 Å². The van der Waals surface area contributed by atoms with Gasteiger partial charge in [-0.25, -0.2) is 0 Å². The van der Waals surface area contributed by atoms with Crippen LogP contribution in [0.5, 0.6) is 0 Å². The van der Waals surface area contributed by atoms with Gasteiger partial charge in [-0.15, -0.1) is 0 Å². The van der Waals surface area contributed by atoms with Crippen molar-refractivity contribution < 1.29 is 38.8 Å². The monoisotopic (exact) mass is 535 g/mol. The highest BCUT2D eigenvalue weighted by atomic mass is 16.7. The predicted molar refractivity (Wildman–Crippen MR) is 146 cm³/mol. The summed E-state index contributed by atoms with van der Waals surface area (Å²) < 4.78 is 25.5. The van der Waals surface area contributed by atoms with E-state index < -0.39 is 42.2 Å². The molecule has 1 aliphatic rings. The molecular formula is C28H59N2O7+. The fraction of sp³-hybridized carbons (Fsp3) is 1.00. The topological polar surface area (TPSA) is 101 Å². The maximum Gasteiger partial charge on any atom is 0.186 e. The summed E-state index contributed by atoms with van der Waals surface area (Å²) in [5.74, 6) is -0.522. The van der Waals surface area contributed by atoms with Crippen molar-refractivity contribution in [2.75, 3.05) is 67.1 Å². The second-order valence-corrected chi connectivity index (χ2v) is 11.5. The Morgan fingerprint density at radius 3 is 2.08 bits per heavy atom. The molecule has 0 bridgehead atoms. The number of hydrogen-bond donors (Lipinski definition) is 3. The van der Waals surface area contributed by atoms with Gasteiger partial charge in [-0.05, 0) is 38.8 Å². The molecule has 1 saturated heterocycles. The molecule has 222 valence electrons. The average Bonchev–Trinajstić information content (AvgIpc) is 2.85. The zero-order valence-electron chi connectivity index (χ0n) is 25.2. The zero-order chi connectivity index (χ0) is 28.2. The second-order valence-electron chi connectivity index (χ2n) is 11.5. The molecule has 0 aromatic carbocycles. The van der Waals surface area contributed by atoms with Crippen molar-refractivity contribution in [1.82, 2.24) is 4.90 Å². The van der Waals surface area contributed by atoms with Gasteiger partial charge in [-0.3, -0.25) is 0 Å². The first-order valence-corrected chi connectivity index (χ1v) is 14.5. The van der Waals surface area contributed by atoms with Gasteiger partial charge in [0.15, 0.2) is 6.29 Å². The van der Waals surface area contributed by atoms with Gasteiger partial charge in [-0.1, -0.05) is 41.5 Å². The highest BCUT2D eigenvalue weighted by Gasteiger charge is 2.54. The summed E-state index contributed by atoms with van der Waals surface area (Å²) in [6.45, 7) is 16.1. The van der Waals surface area contributed by atoms with Crippen LogP contribution in [0, 0.1) is 5.92 Å². The number of aliphatic hydroxyl groups is 3. The number of likely N-dealkylation sites (N-methyl/N-ethyl adjacent to an activating group) is 2. The summed E-state index contributed by atoms with van der Waals surface area (Å²) in [6.07, 6.45) is -1.30. The molecule has 0 aliphatic carbocycles. The molecule has 0 saturated carbocycles. The van der Waals surface area contributed by atoms with Crippen molar-refractivity contribution >= 4 is 0 Å². The number of nitrogens with zero attached hydrogens (tertiary/aromatic N) is 2. The van der Waals surface area contributed by atoms with Gasteiger partial charge in [-0.2, -0.15) is 0 Å². The van der Waals surface area contributed by atoms with Crippen LogP contribution in [0.15, 0.2) is 0 Å². The van der Waals surface area contributed by atoms with Gasteiger partial charge < -0.3 is 43.6 Å². The van der Waals surface area contributed by atoms with E-state index >= 15 is 0 Å². The summed E-state index contributed by atoms with van der Waals surface area (Å²) in [6, 6.07) is 0. The van der Waals surface area contributed by atoms with Crippen LogP contribution in [0.3, 0.4) is 0 Å². The summed E-state index contributed by atoms with van der Waals surface area (Å²) in [5, 5.41) is 33.6. The minimum absolute atomic E-state index is 0.0586. The molecule has 9 heteroatoms. The lowest BCUT2D eigenvalue weighted by molar-refractivity contribution is -0.873. The van der Waals surface area contributed by atoms with E-state index in [4.69, 9.17) is 18.9 Å². The quantitative estimate of drug-likeness (QED) is 0.217. The van der Waals surface area contributed by atoms with Gasteiger partial charge >= 0.3 is 0 Å². The fourth-order valence-electron chi connectivity index (χ4n) is 5.28. The standard InChI is InChI=1S/C28H59N2O7/c1-10-22(11-2)36-27-25(32)26(35-17-16-29(14-5)15-6)24(28(33,12-3)13-4)23(37-27)20-34-19-21(31)18-30(7,8)9/h21-27,31-33H,10-20H2,1-9H3/q+1. The van der Waals surface area contributed by atoms with Gasteiger partial charge in [0.05, 0.1) is 64.9 Å². The third kappa shape index (κ3) is 11.0. The molecule has 0 amide bonds. The van der Waals surface area contributed by atoms with Crippen molar-refractivity contribution in [3.8, 4) is 0 Å². The van der Waals surface area contributed by atoms with E-state index in [1.807, 2.05) is 48.8 Å². The Morgan fingerprint density at radius 1 is 1.00 bits per heavy atom. The third-order valence-corrected chi connectivity index (χ3v) is 7.72. The summed E-state index contributed by atoms with van der Waals surface area (Å²) in [7, 11) is 6.06. The molecule has 6 unspecified atom stereocenters. The number of ether oxygens (including phenoxy) is 4. The minimum Gasteiger partial charge on any atom is -0.389 e. The molecule has 1 fully saturated rings. The lowest BCUT2D eigenvalue weighted by Gasteiger charge is -2.51. The Kier molecular flexibility index (Phi) is 15.6. The van der Waals surface area contributed by atoms with E-state index in [0.29, 0.717) is 30.5 Å². The lowest BCUT2D eigenvalue weighted by atomic mass is 9.73.